The van der Waals surface area contributed by atoms with Gasteiger partial charge in [0.05, 0.1) is 5.69 Å². The van der Waals surface area contributed by atoms with Crippen molar-refractivity contribution in [1.82, 2.24) is 0 Å². The first-order valence-electron chi connectivity index (χ1n) is 5.87. The SMILES string of the molecule is Cc1ccc(Nc2cc(C)c(N)cc2Br)c(C)c1. The minimum Gasteiger partial charge on any atom is -0.398 e. The van der Waals surface area contributed by atoms with Gasteiger partial charge < -0.3 is 11.1 Å². The topological polar surface area (TPSA) is 38.0 Å². The number of nitrogens with two attached hydrogens (primary N) is 1. The van der Waals surface area contributed by atoms with Gasteiger partial charge in [-0.1, -0.05) is 17.7 Å². The Bertz CT molecular complexity index is 591. The molecule has 0 aliphatic carbocycles. The molecule has 0 amide bonds. The summed E-state index contributed by atoms with van der Waals surface area (Å²) in [6, 6.07) is 10.4. The maximum atomic E-state index is 5.87. The van der Waals surface area contributed by atoms with Crippen LogP contribution in [0, 0.1) is 20.8 Å². The summed E-state index contributed by atoms with van der Waals surface area (Å²) in [5.41, 5.74) is 12.4. The Labute approximate surface area is 116 Å². The Balaban J connectivity index is 2.37. The molecule has 0 atom stereocenters. The Hall–Kier alpha value is -1.48. The van der Waals surface area contributed by atoms with Crippen molar-refractivity contribution >= 4 is 33.0 Å². The lowest BCUT2D eigenvalue weighted by Crippen LogP contribution is -1.97. The number of nitrogen functional groups attached to an aromatic ring is 1. The van der Waals surface area contributed by atoms with Gasteiger partial charge in [0.15, 0.2) is 0 Å². The molecule has 0 aliphatic heterocycles. The van der Waals surface area contributed by atoms with Crippen LogP contribution in [0.2, 0.25) is 0 Å². The number of anilines is 3. The molecular formula is C15H17BrN2. The van der Waals surface area contributed by atoms with Crippen LogP contribution in [-0.4, -0.2) is 0 Å². The average molecular weight is 305 g/mol. The number of hydrogen-bond donors (Lipinski definition) is 2. The zero-order valence-electron chi connectivity index (χ0n) is 10.8. The predicted octanol–water partition coefficient (Wildman–Crippen LogP) is 4.70. The summed E-state index contributed by atoms with van der Waals surface area (Å²) in [7, 11) is 0. The lowest BCUT2D eigenvalue weighted by atomic mass is 10.1. The van der Waals surface area contributed by atoms with E-state index in [0.717, 1.165) is 27.1 Å². The average Bonchev–Trinajstić information content (AvgIpc) is 2.29. The smallest absolute Gasteiger partial charge is 0.0532 e. The second-order valence-corrected chi connectivity index (χ2v) is 5.49. The fraction of sp³-hybridized carbons (Fsp3) is 0.200. The number of benzene rings is 2. The maximum absolute atomic E-state index is 5.87. The summed E-state index contributed by atoms with van der Waals surface area (Å²) in [4.78, 5) is 0. The van der Waals surface area contributed by atoms with Crippen molar-refractivity contribution in [3.63, 3.8) is 0 Å². The molecule has 0 saturated carbocycles. The molecule has 3 N–H and O–H groups in total. The van der Waals surface area contributed by atoms with E-state index in [1.54, 1.807) is 0 Å². The zero-order valence-corrected chi connectivity index (χ0v) is 12.4. The first-order valence-corrected chi connectivity index (χ1v) is 6.66. The van der Waals surface area contributed by atoms with Gasteiger partial charge in [0.1, 0.15) is 0 Å². The first-order chi connectivity index (χ1) is 8.47. The third-order valence-corrected chi connectivity index (χ3v) is 3.66. The van der Waals surface area contributed by atoms with Crippen LogP contribution < -0.4 is 11.1 Å². The molecule has 2 nitrogen and oxygen atoms in total. The van der Waals surface area contributed by atoms with Gasteiger partial charge in [-0.2, -0.15) is 0 Å². The quantitative estimate of drug-likeness (QED) is 0.789. The molecule has 0 unspecified atom stereocenters. The summed E-state index contributed by atoms with van der Waals surface area (Å²) in [5.74, 6) is 0. The summed E-state index contributed by atoms with van der Waals surface area (Å²) in [6.45, 7) is 6.21. The van der Waals surface area contributed by atoms with E-state index in [2.05, 4.69) is 59.4 Å². The minimum atomic E-state index is 0.799. The summed E-state index contributed by atoms with van der Waals surface area (Å²) in [5, 5.41) is 3.43. The molecule has 0 saturated heterocycles. The number of halogens is 1. The predicted molar refractivity (Wildman–Crippen MR) is 82.5 cm³/mol. The Kier molecular flexibility index (Phi) is 3.62. The summed E-state index contributed by atoms with van der Waals surface area (Å²) < 4.78 is 0.977. The van der Waals surface area contributed by atoms with Gasteiger partial charge >= 0.3 is 0 Å². The van der Waals surface area contributed by atoms with Gasteiger partial charge in [-0.25, -0.2) is 0 Å². The van der Waals surface area contributed by atoms with Crippen LogP contribution in [0.1, 0.15) is 16.7 Å². The third kappa shape index (κ3) is 2.67. The van der Waals surface area contributed by atoms with E-state index in [1.807, 2.05) is 13.0 Å². The highest BCUT2D eigenvalue weighted by Gasteiger charge is 2.05. The van der Waals surface area contributed by atoms with E-state index in [9.17, 15) is 0 Å². The van der Waals surface area contributed by atoms with Gasteiger partial charge in [0, 0.05) is 15.8 Å². The molecule has 0 heterocycles. The summed E-state index contributed by atoms with van der Waals surface area (Å²) in [6.07, 6.45) is 0. The molecule has 94 valence electrons. The van der Waals surface area contributed by atoms with Crippen molar-refractivity contribution in [2.24, 2.45) is 0 Å². The Morgan fingerprint density at radius 3 is 2.33 bits per heavy atom. The van der Waals surface area contributed by atoms with E-state index >= 15 is 0 Å². The molecular weight excluding hydrogens is 288 g/mol. The molecule has 18 heavy (non-hydrogen) atoms. The maximum Gasteiger partial charge on any atom is 0.0532 e. The van der Waals surface area contributed by atoms with Crippen molar-refractivity contribution in [2.45, 2.75) is 20.8 Å². The molecule has 0 aliphatic rings. The van der Waals surface area contributed by atoms with Gasteiger partial charge in [0.25, 0.3) is 0 Å². The normalized spacial score (nSPS) is 10.4. The Morgan fingerprint density at radius 2 is 1.67 bits per heavy atom. The van der Waals surface area contributed by atoms with Crippen LogP contribution in [0.5, 0.6) is 0 Å². The summed E-state index contributed by atoms with van der Waals surface area (Å²) >= 11 is 3.54. The van der Waals surface area contributed by atoms with Gasteiger partial charge in [0.2, 0.25) is 0 Å². The van der Waals surface area contributed by atoms with Crippen molar-refractivity contribution in [1.29, 1.82) is 0 Å². The van der Waals surface area contributed by atoms with Crippen LogP contribution in [0.4, 0.5) is 17.1 Å². The van der Waals surface area contributed by atoms with Crippen LogP contribution in [0.3, 0.4) is 0 Å². The molecule has 0 spiro atoms. The standard InChI is InChI=1S/C15H17BrN2/c1-9-4-5-14(11(3)6-9)18-15-7-10(2)13(17)8-12(15)16/h4-8,18H,17H2,1-3H3. The molecule has 2 aromatic rings. The van der Waals surface area contributed by atoms with E-state index in [1.165, 1.54) is 11.1 Å². The lowest BCUT2D eigenvalue weighted by Gasteiger charge is -2.13. The van der Waals surface area contributed by atoms with Crippen LogP contribution in [0.15, 0.2) is 34.8 Å². The van der Waals surface area contributed by atoms with Gasteiger partial charge in [-0.05, 0) is 66.0 Å². The Morgan fingerprint density at radius 1 is 0.944 bits per heavy atom. The monoisotopic (exact) mass is 304 g/mol. The molecule has 2 aromatic carbocycles. The number of rotatable bonds is 2. The number of aryl methyl sites for hydroxylation is 3. The zero-order chi connectivity index (χ0) is 13.3. The van der Waals surface area contributed by atoms with Crippen molar-refractivity contribution in [3.8, 4) is 0 Å². The highest BCUT2D eigenvalue weighted by Crippen LogP contribution is 2.31. The fourth-order valence-electron chi connectivity index (χ4n) is 1.89. The molecule has 2 rings (SSSR count). The largest absolute Gasteiger partial charge is 0.398 e. The van der Waals surface area contributed by atoms with E-state index in [-0.39, 0.29) is 0 Å². The first kappa shape index (κ1) is 13.0. The van der Waals surface area contributed by atoms with Crippen molar-refractivity contribution < 1.29 is 0 Å². The molecule has 0 bridgehead atoms. The van der Waals surface area contributed by atoms with Gasteiger partial charge in [-0.3, -0.25) is 0 Å². The lowest BCUT2D eigenvalue weighted by molar-refractivity contribution is 1.36. The highest BCUT2D eigenvalue weighted by atomic mass is 79.9. The molecule has 0 radical (unpaired) electrons. The second kappa shape index (κ2) is 5.02. The van der Waals surface area contributed by atoms with E-state index in [4.69, 9.17) is 5.73 Å². The highest BCUT2D eigenvalue weighted by molar-refractivity contribution is 9.10. The van der Waals surface area contributed by atoms with Crippen LogP contribution >= 0.6 is 15.9 Å². The second-order valence-electron chi connectivity index (χ2n) is 4.63. The number of nitrogens with one attached hydrogen (secondary N) is 1. The van der Waals surface area contributed by atoms with Gasteiger partial charge in [-0.15, -0.1) is 0 Å². The third-order valence-electron chi connectivity index (χ3n) is 3.01. The molecule has 0 aromatic heterocycles. The molecule has 0 fully saturated rings. The fourth-order valence-corrected chi connectivity index (χ4v) is 2.35. The number of hydrogen-bond acceptors (Lipinski definition) is 2. The van der Waals surface area contributed by atoms with Crippen LogP contribution in [0.25, 0.3) is 0 Å². The van der Waals surface area contributed by atoms with Crippen molar-refractivity contribution in [2.75, 3.05) is 11.1 Å². The minimum absolute atomic E-state index is 0.799. The van der Waals surface area contributed by atoms with Crippen molar-refractivity contribution in [3.05, 3.63) is 51.5 Å². The van der Waals surface area contributed by atoms with Crippen LogP contribution in [-0.2, 0) is 0 Å². The van der Waals surface area contributed by atoms with E-state index in [0.29, 0.717) is 0 Å². The molecule has 3 heteroatoms. The van der Waals surface area contributed by atoms with E-state index < -0.39 is 0 Å².